The fourth-order valence-corrected chi connectivity index (χ4v) is 2.10. The summed E-state index contributed by atoms with van der Waals surface area (Å²) in [5.41, 5.74) is 2.93. The van der Waals surface area contributed by atoms with Crippen LogP contribution in [-0.4, -0.2) is 36.8 Å². The maximum Gasteiger partial charge on any atom is 0.253 e. The lowest BCUT2D eigenvalue weighted by Crippen LogP contribution is -2.28. The molecule has 0 saturated carbocycles. The number of hydrogen-bond acceptors (Lipinski definition) is 3. The molecule has 1 aromatic heterocycles. The Hall–Kier alpha value is -1.85. The van der Waals surface area contributed by atoms with Crippen LogP contribution in [0.2, 0.25) is 0 Å². The van der Waals surface area contributed by atoms with Gasteiger partial charge in [0.25, 0.3) is 5.91 Å². The second-order valence-electron chi connectivity index (χ2n) is 4.95. The predicted octanol–water partition coefficient (Wildman–Crippen LogP) is 2.86. The van der Waals surface area contributed by atoms with Gasteiger partial charge in [-0.3, -0.25) is 4.79 Å². The second-order valence-corrected chi connectivity index (χ2v) is 4.95. The molecule has 0 aliphatic rings. The van der Waals surface area contributed by atoms with Gasteiger partial charge in [0.2, 0.25) is 0 Å². The van der Waals surface area contributed by atoms with Crippen molar-refractivity contribution >= 4 is 22.5 Å². The van der Waals surface area contributed by atoms with Gasteiger partial charge in [0.1, 0.15) is 6.10 Å². The Morgan fingerprint density at radius 1 is 1.33 bits per heavy atom. The monoisotopic (exact) mass is 290 g/mol. The van der Waals surface area contributed by atoms with Crippen LogP contribution in [0.15, 0.2) is 24.3 Å². The first kappa shape index (κ1) is 15.5. The number of aromatic amines is 1. The van der Waals surface area contributed by atoms with Crippen molar-refractivity contribution in [3.8, 4) is 0 Å². The number of hydrogen-bond donors (Lipinski definition) is 2. The largest absolute Gasteiger partial charge is 0.379 e. The van der Waals surface area contributed by atoms with E-state index in [1.54, 1.807) is 6.92 Å². The first-order valence-corrected chi connectivity index (χ1v) is 7.19. The number of fused-ring (bicyclic) bond motifs is 1. The fraction of sp³-hybridized carbons (Fsp3) is 0.438. The molecule has 5 heteroatoms. The molecule has 114 valence electrons. The Bertz CT molecular complexity index is 607. The Morgan fingerprint density at radius 3 is 2.90 bits per heavy atom. The number of aryl methyl sites for hydroxylation is 1. The number of benzene rings is 1. The van der Waals surface area contributed by atoms with Crippen LogP contribution in [0.4, 0.5) is 5.69 Å². The van der Waals surface area contributed by atoms with E-state index in [2.05, 4.69) is 10.3 Å². The van der Waals surface area contributed by atoms with Crippen LogP contribution in [0.5, 0.6) is 0 Å². The van der Waals surface area contributed by atoms with Crippen LogP contribution in [0.1, 0.15) is 19.5 Å². The maximum absolute atomic E-state index is 12.0. The van der Waals surface area contributed by atoms with E-state index < -0.39 is 6.10 Å². The molecule has 21 heavy (non-hydrogen) atoms. The van der Waals surface area contributed by atoms with Gasteiger partial charge in [0.15, 0.2) is 0 Å². The molecular formula is C16H22N2O3. The highest BCUT2D eigenvalue weighted by molar-refractivity contribution is 5.96. The number of carbonyl (C=O) groups excluding carboxylic acids is 1. The number of H-pyrrole nitrogens is 1. The highest BCUT2D eigenvalue weighted by Gasteiger charge is 2.13. The number of carbonyl (C=O) groups is 1. The molecule has 1 unspecified atom stereocenters. The third kappa shape index (κ3) is 4.31. The average Bonchev–Trinajstić information content (AvgIpc) is 2.82. The molecule has 0 spiro atoms. The van der Waals surface area contributed by atoms with Crippen LogP contribution >= 0.6 is 0 Å². The number of anilines is 1. The van der Waals surface area contributed by atoms with Crippen molar-refractivity contribution in [1.82, 2.24) is 4.98 Å². The van der Waals surface area contributed by atoms with E-state index in [-0.39, 0.29) is 5.91 Å². The summed E-state index contributed by atoms with van der Waals surface area (Å²) in [4.78, 5) is 15.3. The topological polar surface area (TPSA) is 63.4 Å². The van der Waals surface area contributed by atoms with E-state index in [0.29, 0.717) is 19.8 Å². The Labute approximate surface area is 124 Å². The first-order chi connectivity index (χ1) is 10.1. The maximum atomic E-state index is 12.0. The minimum atomic E-state index is -0.505. The Balaban J connectivity index is 1.90. The molecule has 0 fully saturated rings. The SMILES string of the molecule is CCOCCOC(C)C(=O)Nc1ccc2[nH]c(C)cc2c1. The summed E-state index contributed by atoms with van der Waals surface area (Å²) in [5, 5.41) is 3.94. The molecule has 5 nitrogen and oxygen atoms in total. The van der Waals surface area contributed by atoms with E-state index in [1.807, 2.05) is 38.1 Å². The van der Waals surface area contributed by atoms with Gasteiger partial charge in [-0.1, -0.05) is 0 Å². The normalized spacial score (nSPS) is 12.5. The molecule has 2 N–H and O–H groups in total. The second kappa shape index (κ2) is 7.24. The highest BCUT2D eigenvalue weighted by Crippen LogP contribution is 2.20. The molecule has 0 aliphatic carbocycles. The number of aromatic nitrogens is 1. The third-order valence-electron chi connectivity index (χ3n) is 3.19. The van der Waals surface area contributed by atoms with Crippen LogP contribution in [0.25, 0.3) is 10.9 Å². The van der Waals surface area contributed by atoms with Gasteiger partial charge in [-0.15, -0.1) is 0 Å². The van der Waals surface area contributed by atoms with Crippen molar-refractivity contribution in [1.29, 1.82) is 0 Å². The summed E-state index contributed by atoms with van der Waals surface area (Å²) in [6, 6.07) is 7.83. The van der Waals surface area contributed by atoms with E-state index in [0.717, 1.165) is 22.3 Å². The minimum absolute atomic E-state index is 0.155. The molecular weight excluding hydrogens is 268 g/mol. The van der Waals surface area contributed by atoms with Crippen molar-refractivity contribution in [3.63, 3.8) is 0 Å². The van der Waals surface area contributed by atoms with Crippen molar-refractivity contribution < 1.29 is 14.3 Å². The summed E-state index contributed by atoms with van der Waals surface area (Å²) in [7, 11) is 0. The molecule has 1 heterocycles. The Morgan fingerprint density at radius 2 is 2.14 bits per heavy atom. The van der Waals surface area contributed by atoms with Crippen molar-refractivity contribution in [2.75, 3.05) is 25.1 Å². The van der Waals surface area contributed by atoms with Gasteiger partial charge in [-0.05, 0) is 45.0 Å². The van der Waals surface area contributed by atoms with E-state index >= 15 is 0 Å². The molecule has 0 bridgehead atoms. The summed E-state index contributed by atoms with van der Waals surface area (Å²) in [5.74, 6) is -0.155. The lowest BCUT2D eigenvalue weighted by atomic mass is 10.2. The Kier molecular flexibility index (Phi) is 5.36. The molecule has 0 aliphatic heterocycles. The predicted molar refractivity (Wildman–Crippen MR) is 83.6 cm³/mol. The van der Waals surface area contributed by atoms with Crippen molar-refractivity contribution in [2.24, 2.45) is 0 Å². The lowest BCUT2D eigenvalue weighted by Gasteiger charge is -2.13. The standard InChI is InChI=1S/C16H22N2O3/c1-4-20-7-8-21-12(3)16(19)18-14-5-6-15-13(10-14)9-11(2)17-15/h5-6,9-10,12,17H,4,7-8H2,1-3H3,(H,18,19). The zero-order valence-corrected chi connectivity index (χ0v) is 12.7. The molecule has 1 aromatic carbocycles. The molecule has 2 rings (SSSR count). The van der Waals surface area contributed by atoms with Crippen molar-refractivity contribution in [2.45, 2.75) is 26.9 Å². The molecule has 2 aromatic rings. The zero-order valence-electron chi connectivity index (χ0n) is 12.7. The van der Waals surface area contributed by atoms with Gasteiger partial charge in [-0.25, -0.2) is 0 Å². The summed E-state index contributed by atoms with van der Waals surface area (Å²) < 4.78 is 10.6. The van der Waals surface area contributed by atoms with Gasteiger partial charge in [0, 0.05) is 28.9 Å². The summed E-state index contributed by atoms with van der Waals surface area (Å²) >= 11 is 0. The number of rotatable bonds is 7. The van der Waals surface area contributed by atoms with E-state index in [9.17, 15) is 4.79 Å². The molecule has 0 saturated heterocycles. The highest BCUT2D eigenvalue weighted by atomic mass is 16.5. The fourth-order valence-electron chi connectivity index (χ4n) is 2.10. The zero-order chi connectivity index (χ0) is 15.2. The number of ether oxygens (including phenoxy) is 2. The van der Waals surface area contributed by atoms with Crippen LogP contribution < -0.4 is 5.32 Å². The summed E-state index contributed by atoms with van der Waals surface area (Å²) in [6.45, 7) is 7.24. The van der Waals surface area contributed by atoms with Gasteiger partial charge in [0.05, 0.1) is 13.2 Å². The van der Waals surface area contributed by atoms with Gasteiger partial charge < -0.3 is 19.8 Å². The van der Waals surface area contributed by atoms with Crippen molar-refractivity contribution in [3.05, 3.63) is 30.0 Å². The number of nitrogens with one attached hydrogen (secondary N) is 2. The summed E-state index contributed by atoms with van der Waals surface area (Å²) in [6.07, 6.45) is -0.505. The average molecular weight is 290 g/mol. The molecule has 1 amide bonds. The van der Waals surface area contributed by atoms with E-state index in [1.165, 1.54) is 0 Å². The quantitative estimate of drug-likeness (QED) is 0.771. The van der Waals surface area contributed by atoms with E-state index in [4.69, 9.17) is 9.47 Å². The minimum Gasteiger partial charge on any atom is -0.379 e. The third-order valence-corrected chi connectivity index (χ3v) is 3.19. The smallest absolute Gasteiger partial charge is 0.253 e. The van der Waals surface area contributed by atoms with Gasteiger partial charge >= 0.3 is 0 Å². The first-order valence-electron chi connectivity index (χ1n) is 7.19. The van der Waals surface area contributed by atoms with Crippen LogP contribution in [0, 0.1) is 6.92 Å². The van der Waals surface area contributed by atoms with Crippen LogP contribution in [0.3, 0.4) is 0 Å². The van der Waals surface area contributed by atoms with Gasteiger partial charge in [-0.2, -0.15) is 0 Å². The van der Waals surface area contributed by atoms with Crippen LogP contribution in [-0.2, 0) is 14.3 Å². The molecule has 0 radical (unpaired) electrons. The number of amides is 1. The molecule has 1 atom stereocenters. The lowest BCUT2D eigenvalue weighted by molar-refractivity contribution is -0.127.